The highest BCUT2D eigenvalue weighted by Gasteiger charge is 2.19. The summed E-state index contributed by atoms with van der Waals surface area (Å²) in [5, 5.41) is 11.6. The van der Waals surface area contributed by atoms with E-state index in [1.807, 2.05) is 54.6 Å². The van der Waals surface area contributed by atoms with Gasteiger partial charge < -0.3 is 5.32 Å². The van der Waals surface area contributed by atoms with E-state index in [9.17, 15) is 9.59 Å². The van der Waals surface area contributed by atoms with Crippen molar-refractivity contribution in [2.24, 2.45) is 0 Å². The molecule has 1 fully saturated rings. The molecule has 1 aliphatic carbocycles. The molecule has 26 heavy (non-hydrogen) atoms. The number of benzene rings is 2. The third-order valence-corrected chi connectivity index (χ3v) is 4.66. The van der Waals surface area contributed by atoms with Crippen molar-refractivity contribution >= 4 is 11.8 Å². The van der Waals surface area contributed by atoms with Crippen LogP contribution in [0.1, 0.15) is 36.0 Å². The number of nitrogens with one attached hydrogen (secondary N) is 2. The van der Waals surface area contributed by atoms with Gasteiger partial charge in [0.2, 0.25) is 0 Å². The maximum atomic E-state index is 12.4. The lowest BCUT2D eigenvalue weighted by Crippen LogP contribution is -2.36. The molecule has 0 heterocycles. The number of rotatable bonds is 4. The number of amides is 2. The molecule has 0 atom stereocenters. The van der Waals surface area contributed by atoms with Crippen molar-refractivity contribution in [3.05, 3.63) is 71.8 Å². The second-order valence-electron chi connectivity index (χ2n) is 6.47. The molecule has 1 aliphatic rings. The van der Waals surface area contributed by atoms with E-state index in [4.69, 9.17) is 5.21 Å². The first-order valence-corrected chi connectivity index (χ1v) is 8.75. The predicted molar refractivity (Wildman–Crippen MR) is 99.6 cm³/mol. The fourth-order valence-electron chi connectivity index (χ4n) is 3.21. The molecule has 2 aromatic carbocycles. The van der Waals surface area contributed by atoms with E-state index in [-0.39, 0.29) is 11.9 Å². The van der Waals surface area contributed by atoms with Crippen LogP contribution in [0, 0.1) is 0 Å². The standard InChI is InChI=1S/C21H22N2O3/c24-20(23-26)14-15-6-12-19(13-7-15)22-21(25)18-10-8-17(9-11-18)16-4-2-1-3-5-16/h1-5,8-11,14,19,26H,6-7,12-13H2,(H,22,25)(H,23,24). The smallest absolute Gasteiger partial charge is 0.267 e. The fraction of sp³-hybridized carbons (Fsp3) is 0.238. The Labute approximate surface area is 152 Å². The Bertz CT molecular complexity index is 788. The number of hydrogen-bond donors (Lipinski definition) is 3. The van der Waals surface area contributed by atoms with E-state index in [0.29, 0.717) is 5.56 Å². The summed E-state index contributed by atoms with van der Waals surface area (Å²) >= 11 is 0. The van der Waals surface area contributed by atoms with E-state index >= 15 is 0 Å². The van der Waals surface area contributed by atoms with Gasteiger partial charge in [-0.25, -0.2) is 5.48 Å². The Morgan fingerprint density at radius 1 is 0.923 bits per heavy atom. The first-order chi connectivity index (χ1) is 12.7. The highest BCUT2D eigenvalue weighted by Crippen LogP contribution is 2.24. The molecular weight excluding hydrogens is 328 g/mol. The Morgan fingerprint density at radius 2 is 1.54 bits per heavy atom. The van der Waals surface area contributed by atoms with Crippen LogP contribution in [0.25, 0.3) is 11.1 Å². The zero-order valence-corrected chi connectivity index (χ0v) is 14.4. The minimum absolute atomic E-state index is 0.0739. The van der Waals surface area contributed by atoms with Crippen LogP contribution in [0.2, 0.25) is 0 Å². The second kappa shape index (κ2) is 8.45. The van der Waals surface area contributed by atoms with Crippen LogP contribution >= 0.6 is 0 Å². The van der Waals surface area contributed by atoms with Crippen molar-refractivity contribution in [3.8, 4) is 11.1 Å². The van der Waals surface area contributed by atoms with Crippen molar-refractivity contribution in [1.29, 1.82) is 0 Å². The van der Waals surface area contributed by atoms with Gasteiger partial charge in [-0.15, -0.1) is 0 Å². The summed E-state index contributed by atoms with van der Waals surface area (Å²) in [4.78, 5) is 23.6. The van der Waals surface area contributed by atoms with E-state index in [1.54, 1.807) is 5.48 Å². The van der Waals surface area contributed by atoms with Crippen molar-refractivity contribution in [2.75, 3.05) is 0 Å². The lowest BCUT2D eigenvalue weighted by atomic mass is 9.90. The summed E-state index contributed by atoms with van der Waals surface area (Å²) in [7, 11) is 0. The van der Waals surface area contributed by atoms with Crippen molar-refractivity contribution in [2.45, 2.75) is 31.7 Å². The largest absolute Gasteiger partial charge is 0.349 e. The normalized spacial score (nSPS) is 16.7. The van der Waals surface area contributed by atoms with Crippen LogP contribution in [0.5, 0.6) is 0 Å². The van der Waals surface area contributed by atoms with Gasteiger partial charge >= 0.3 is 0 Å². The molecule has 2 amide bonds. The number of carbonyl (C=O) groups is 2. The van der Waals surface area contributed by atoms with Gasteiger partial charge in [-0.2, -0.15) is 0 Å². The average Bonchev–Trinajstić information content (AvgIpc) is 2.70. The maximum absolute atomic E-state index is 12.4. The Balaban J connectivity index is 1.56. The summed E-state index contributed by atoms with van der Waals surface area (Å²) in [6.45, 7) is 0. The third kappa shape index (κ3) is 4.58. The molecule has 0 spiro atoms. The molecule has 0 aromatic heterocycles. The highest BCUT2D eigenvalue weighted by atomic mass is 16.5. The van der Waals surface area contributed by atoms with Crippen LogP contribution in [0.4, 0.5) is 0 Å². The van der Waals surface area contributed by atoms with Gasteiger partial charge in [-0.3, -0.25) is 14.8 Å². The lowest BCUT2D eigenvalue weighted by molar-refractivity contribution is -0.124. The van der Waals surface area contributed by atoms with Gasteiger partial charge in [0.15, 0.2) is 0 Å². The monoisotopic (exact) mass is 350 g/mol. The summed E-state index contributed by atoms with van der Waals surface area (Å²) < 4.78 is 0. The lowest BCUT2D eigenvalue weighted by Gasteiger charge is -2.25. The van der Waals surface area contributed by atoms with Gasteiger partial charge in [0.05, 0.1) is 0 Å². The van der Waals surface area contributed by atoms with Gasteiger partial charge in [-0.1, -0.05) is 48.0 Å². The van der Waals surface area contributed by atoms with Crippen LogP contribution in [0.15, 0.2) is 66.2 Å². The SMILES string of the molecule is O=C(C=C1CCC(NC(=O)c2ccc(-c3ccccc3)cc2)CC1)NO. The molecule has 5 nitrogen and oxygen atoms in total. The molecule has 0 unspecified atom stereocenters. The molecule has 3 rings (SSSR count). The highest BCUT2D eigenvalue weighted by molar-refractivity contribution is 5.95. The Hall–Kier alpha value is -2.92. The third-order valence-electron chi connectivity index (χ3n) is 4.66. The predicted octanol–water partition coefficient (Wildman–Crippen LogP) is 3.46. The maximum Gasteiger partial charge on any atom is 0.267 e. The van der Waals surface area contributed by atoms with Crippen LogP contribution in [-0.2, 0) is 4.79 Å². The molecule has 0 radical (unpaired) electrons. The molecule has 2 aromatic rings. The van der Waals surface area contributed by atoms with Gasteiger partial charge in [0.25, 0.3) is 11.8 Å². The van der Waals surface area contributed by atoms with Crippen LogP contribution in [0.3, 0.4) is 0 Å². The average molecular weight is 350 g/mol. The van der Waals surface area contributed by atoms with E-state index in [2.05, 4.69) is 5.32 Å². The summed E-state index contributed by atoms with van der Waals surface area (Å²) in [6.07, 6.45) is 4.49. The van der Waals surface area contributed by atoms with Crippen molar-refractivity contribution in [3.63, 3.8) is 0 Å². The second-order valence-corrected chi connectivity index (χ2v) is 6.47. The molecular formula is C21H22N2O3. The summed E-state index contributed by atoms with van der Waals surface area (Å²) in [5.41, 5.74) is 5.45. The molecule has 5 heteroatoms. The molecule has 0 saturated heterocycles. The quantitative estimate of drug-likeness (QED) is 0.449. The first kappa shape index (κ1) is 17.9. The molecule has 134 valence electrons. The minimum Gasteiger partial charge on any atom is -0.349 e. The van der Waals surface area contributed by atoms with Crippen molar-refractivity contribution in [1.82, 2.24) is 10.8 Å². The van der Waals surface area contributed by atoms with Crippen molar-refractivity contribution < 1.29 is 14.8 Å². The topological polar surface area (TPSA) is 78.4 Å². The summed E-state index contributed by atoms with van der Waals surface area (Å²) in [6, 6.07) is 17.8. The number of hydrogen-bond acceptors (Lipinski definition) is 3. The van der Waals surface area contributed by atoms with Gasteiger partial charge in [0.1, 0.15) is 0 Å². The van der Waals surface area contributed by atoms with E-state index in [0.717, 1.165) is 42.4 Å². The first-order valence-electron chi connectivity index (χ1n) is 8.75. The van der Waals surface area contributed by atoms with Crippen LogP contribution in [-0.4, -0.2) is 23.1 Å². The van der Waals surface area contributed by atoms with Gasteiger partial charge in [-0.05, 0) is 48.9 Å². The number of hydroxylamine groups is 1. The Kier molecular flexibility index (Phi) is 5.81. The molecule has 0 aliphatic heterocycles. The molecule has 3 N–H and O–H groups in total. The zero-order chi connectivity index (χ0) is 18.4. The summed E-state index contributed by atoms with van der Waals surface area (Å²) in [5.74, 6) is -0.573. The fourth-order valence-corrected chi connectivity index (χ4v) is 3.21. The zero-order valence-electron chi connectivity index (χ0n) is 14.4. The van der Waals surface area contributed by atoms with E-state index in [1.165, 1.54) is 6.08 Å². The number of carbonyl (C=O) groups excluding carboxylic acids is 2. The van der Waals surface area contributed by atoms with E-state index < -0.39 is 5.91 Å². The Morgan fingerprint density at radius 3 is 2.15 bits per heavy atom. The molecule has 1 saturated carbocycles. The molecule has 0 bridgehead atoms. The van der Waals surface area contributed by atoms with Crippen LogP contribution < -0.4 is 10.8 Å². The number of allylic oxidation sites excluding steroid dienone is 1. The van der Waals surface area contributed by atoms with Gasteiger partial charge in [0, 0.05) is 17.7 Å². The minimum atomic E-state index is -0.499.